The van der Waals surface area contributed by atoms with E-state index in [1.54, 1.807) is 6.07 Å². The molecule has 3 nitrogen and oxygen atoms in total. The summed E-state index contributed by atoms with van der Waals surface area (Å²) in [5.74, 6) is -0.286. The van der Waals surface area contributed by atoms with Crippen molar-refractivity contribution in [2.24, 2.45) is 0 Å². The van der Waals surface area contributed by atoms with Crippen molar-refractivity contribution >= 4 is 5.97 Å². The molecule has 0 saturated heterocycles. The fraction of sp³-hybridized carbons (Fsp3) is 0.278. The first-order chi connectivity index (χ1) is 10.2. The van der Waals surface area contributed by atoms with Crippen LogP contribution in [-0.2, 0) is 17.7 Å². The Kier molecular flexibility index (Phi) is 5.52. The van der Waals surface area contributed by atoms with Gasteiger partial charge in [0.2, 0.25) is 0 Å². The Labute approximate surface area is 126 Å². The van der Waals surface area contributed by atoms with Gasteiger partial charge in [-0.15, -0.1) is 0 Å². The summed E-state index contributed by atoms with van der Waals surface area (Å²) in [6.07, 6.45) is 0.974. The number of rotatable bonds is 6. The van der Waals surface area contributed by atoms with Gasteiger partial charge >= 0.3 is 5.97 Å². The smallest absolute Gasteiger partial charge is 0.338 e. The first-order valence-corrected chi connectivity index (χ1v) is 7.13. The summed E-state index contributed by atoms with van der Waals surface area (Å²) >= 11 is 0. The molecular weight excluding hydrogens is 262 g/mol. The maximum absolute atomic E-state index is 11.7. The standard InChI is InChI=1S/C18H21NO2/c1-14-6-5-7-15(12-14)10-11-19-13-16-8-3-4-9-17(16)18(20)21-2/h3-9,12,19H,10-11,13H2,1-2H3. The Bertz CT molecular complexity index is 608. The van der Waals surface area contributed by atoms with Gasteiger partial charge in [0.15, 0.2) is 0 Å². The Hall–Kier alpha value is -2.13. The molecule has 0 fully saturated rings. The van der Waals surface area contributed by atoms with E-state index < -0.39 is 0 Å². The summed E-state index contributed by atoms with van der Waals surface area (Å²) in [5, 5.41) is 3.38. The molecule has 0 unspecified atom stereocenters. The molecule has 110 valence electrons. The Morgan fingerprint density at radius 2 is 1.95 bits per heavy atom. The molecule has 0 heterocycles. The molecule has 0 aliphatic rings. The van der Waals surface area contributed by atoms with E-state index in [2.05, 4.69) is 36.5 Å². The average molecular weight is 283 g/mol. The van der Waals surface area contributed by atoms with Crippen molar-refractivity contribution in [2.45, 2.75) is 19.9 Å². The number of aryl methyl sites for hydroxylation is 1. The minimum atomic E-state index is -0.286. The van der Waals surface area contributed by atoms with Crippen molar-refractivity contribution in [3.63, 3.8) is 0 Å². The van der Waals surface area contributed by atoms with Crippen LogP contribution in [0, 0.1) is 6.92 Å². The zero-order valence-electron chi connectivity index (χ0n) is 12.6. The van der Waals surface area contributed by atoms with Crippen LogP contribution in [0.2, 0.25) is 0 Å². The molecule has 0 spiro atoms. The van der Waals surface area contributed by atoms with E-state index in [4.69, 9.17) is 4.74 Å². The lowest BCUT2D eigenvalue weighted by Crippen LogP contribution is -2.19. The molecule has 1 N–H and O–H groups in total. The average Bonchev–Trinajstić information content (AvgIpc) is 2.51. The van der Waals surface area contributed by atoms with Crippen molar-refractivity contribution < 1.29 is 9.53 Å². The lowest BCUT2D eigenvalue weighted by Gasteiger charge is -2.09. The molecule has 0 bridgehead atoms. The van der Waals surface area contributed by atoms with Gasteiger partial charge in [0, 0.05) is 6.54 Å². The van der Waals surface area contributed by atoms with Crippen LogP contribution >= 0.6 is 0 Å². The zero-order valence-corrected chi connectivity index (χ0v) is 12.6. The van der Waals surface area contributed by atoms with Gasteiger partial charge < -0.3 is 10.1 Å². The highest BCUT2D eigenvalue weighted by Gasteiger charge is 2.09. The van der Waals surface area contributed by atoms with Crippen LogP contribution in [-0.4, -0.2) is 19.6 Å². The highest BCUT2D eigenvalue weighted by Crippen LogP contribution is 2.10. The normalized spacial score (nSPS) is 10.4. The number of benzene rings is 2. The zero-order chi connectivity index (χ0) is 15.1. The summed E-state index contributed by atoms with van der Waals surface area (Å²) in [4.78, 5) is 11.7. The van der Waals surface area contributed by atoms with E-state index >= 15 is 0 Å². The lowest BCUT2D eigenvalue weighted by molar-refractivity contribution is 0.0599. The van der Waals surface area contributed by atoms with Gasteiger partial charge in [-0.2, -0.15) is 0 Å². The third-order valence-corrected chi connectivity index (χ3v) is 3.41. The van der Waals surface area contributed by atoms with Crippen molar-refractivity contribution in [3.8, 4) is 0 Å². The van der Waals surface area contributed by atoms with Gasteiger partial charge in [-0.3, -0.25) is 0 Å². The van der Waals surface area contributed by atoms with E-state index in [0.717, 1.165) is 18.5 Å². The second-order valence-electron chi connectivity index (χ2n) is 5.06. The largest absolute Gasteiger partial charge is 0.465 e. The molecule has 2 aromatic carbocycles. The maximum atomic E-state index is 11.7. The monoisotopic (exact) mass is 283 g/mol. The number of methoxy groups -OCH3 is 1. The molecule has 0 aliphatic carbocycles. The van der Waals surface area contributed by atoms with Crippen LogP contribution in [0.5, 0.6) is 0 Å². The Balaban J connectivity index is 1.88. The fourth-order valence-electron chi connectivity index (χ4n) is 2.31. The molecule has 0 atom stereocenters. The van der Waals surface area contributed by atoms with E-state index in [-0.39, 0.29) is 5.97 Å². The lowest BCUT2D eigenvalue weighted by atomic mass is 10.1. The summed E-state index contributed by atoms with van der Waals surface area (Å²) in [6, 6.07) is 16.0. The third-order valence-electron chi connectivity index (χ3n) is 3.41. The molecule has 2 rings (SSSR count). The predicted octanol–water partition coefficient (Wildman–Crippen LogP) is 3.11. The highest BCUT2D eigenvalue weighted by molar-refractivity contribution is 5.90. The Morgan fingerprint density at radius 3 is 2.71 bits per heavy atom. The van der Waals surface area contributed by atoms with Crippen molar-refractivity contribution in [2.75, 3.05) is 13.7 Å². The summed E-state index contributed by atoms with van der Waals surface area (Å²) in [7, 11) is 1.41. The summed E-state index contributed by atoms with van der Waals surface area (Å²) < 4.78 is 4.80. The van der Waals surface area contributed by atoms with Crippen molar-refractivity contribution in [3.05, 3.63) is 70.8 Å². The molecule has 21 heavy (non-hydrogen) atoms. The minimum Gasteiger partial charge on any atom is -0.465 e. The van der Waals surface area contributed by atoms with E-state index in [1.807, 2.05) is 18.2 Å². The molecule has 0 radical (unpaired) electrons. The highest BCUT2D eigenvalue weighted by atomic mass is 16.5. The fourth-order valence-corrected chi connectivity index (χ4v) is 2.31. The first kappa shape index (κ1) is 15.3. The van der Waals surface area contributed by atoms with Gasteiger partial charge in [0.25, 0.3) is 0 Å². The minimum absolute atomic E-state index is 0.286. The molecule has 0 aliphatic heterocycles. The second kappa shape index (κ2) is 7.60. The molecule has 0 amide bonds. The number of hydrogen-bond acceptors (Lipinski definition) is 3. The molecule has 0 saturated carbocycles. The molecule has 2 aromatic rings. The summed E-state index contributed by atoms with van der Waals surface area (Å²) in [5.41, 5.74) is 4.20. The van der Waals surface area contributed by atoms with E-state index in [0.29, 0.717) is 12.1 Å². The predicted molar refractivity (Wildman–Crippen MR) is 84.4 cm³/mol. The van der Waals surface area contributed by atoms with Crippen LogP contribution in [0.25, 0.3) is 0 Å². The number of carbonyl (C=O) groups excluding carboxylic acids is 1. The van der Waals surface area contributed by atoms with Gasteiger partial charge in [-0.05, 0) is 37.1 Å². The Morgan fingerprint density at radius 1 is 1.14 bits per heavy atom. The van der Waals surface area contributed by atoms with Gasteiger partial charge in [-0.25, -0.2) is 4.79 Å². The molecule has 3 heteroatoms. The SMILES string of the molecule is COC(=O)c1ccccc1CNCCc1cccc(C)c1. The van der Waals surface area contributed by atoms with Crippen LogP contribution in [0.4, 0.5) is 0 Å². The third kappa shape index (κ3) is 4.43. The number of ether oxygens (including phenoxy) is 1. The summed E-state index contributed by atoms with van der Waals surface area (Å²) in [6.45, 7) is 3.64. The molecular formula is C18H21NO2. The first-order valence-electron chi connectivity index (χ1n) is 7.13. The topological polar surface area (TPSA) is 38.3 Å². The van der Waals surface area contributed by atoms with E-state index in [9.17, 15) is 4.79 Å². The van der Waals surface area contributed by atoms with Crippen LogP contribution in [0.15, 0.2) is 48.5 Å². The number of esters is 1. The quantitative estimate of drug-likeness (QED) is 0.654. The van der Waals surface area contributed by atoms with E-state index in [1.165, 1.54) is 18.2 Å². The van der Waals surface area contributed by atoms with Gasteiger partial charge in [-0.1, -0.05) is 48.0 Å². The number of nitrogens with one attached hydrogen (secondary N) is 1. The number of carbonyl (C=O) groups is 1. The van der Waals surface area contributed by atoms with Gasteiger partial charge in [0.05, 0.1) is 12.7 Å². The molecule has 0 aromatic heterocycles. The van der Waals surface area contributed by atoms with Crippen molar-refractivity contribution in [1.82, 2.24) is 5.32 Å². The van der Waals surface area contributed by atoms with Gasteiger partial charge in [0.1, 0.15) is 0 Å². The van der Waals surface area contributed by atoms with Crippen LogP contribution < -0.4 is 5.32 Å². The van der Waals surface area contributed by atoms with Crippen LogP contribution in [0.3, 0.4) is 0 Å². The number of hydrogen-bond donors (Lipinski definition) is 1. The second-order valence-corrected chi connectivity index (χ2v) is 5.06. The van der Waals surface area contributed by atoms with Crippen LogP contribution in [0.1, 0.15) is 27.0 Å². The van der Waals surface area contributed by atoms with Crippen molar-refractivity contribution in [1.29, 1.82) is 0 Å². The maximum Gasteiger partial charge on any atom is 0.338 e.